The smallest absolute Gasteiger partial charge is 0.151 e. The van der Waals surface area contributed by atoms with Crippen LogP contribution < -0.4 is 0 Å². The number of hydrogen-bond donors (Lipinski definition) is 0. The zero-order chi connectivity index (χ0) is 16.9. The second kappa shape index (κ2) is 7.61. The van der Waals surface area contributed by atoms with E-state index in [-0.39, 0.29) is 11.8 Å². The molecule has 2 aromatic rings. The molecule has 0 spiro atoms. The van der Waals surface area contributed by atoms with Gasteiger partial charge in [0.1, 0.15) is 0 Å². The summed E-state index contributed by atoms with van der Waals surface area (Å²) in [7, 11) is 0. The minimum absolute atomic E-state index is 0.0929. The quantitative estimate of drug-likeness (QED) is 0.636. The molecule has 0 aliphatic heterocycles. The molecule has 124 valence electrons. The van der Waals surface area contributed by atoms with Crippen molar-refractivity contribution in [3.05, 3.63) is 77.4 Å². The average molecular weight is 318 g/mol. The number of carbonyl (C=O) groups is 1. The summed E-state index contributed by atoms with van der Waals surface area (Å²) in [6.45, 7) is 4.38. The molecule has 0 amide bonds. The SMILES string of the molecule is CCCC1=C(c2ccccc2)[C@H](c2ccccc2)C(=O)[C@H]1CCC. The van der Waals surface area contributed by atoms with Crippen molar-refractivity contribution >= 4 is 11.4 Å². The fourth-order valence-corrected chi connectivity index (χ4v) is 4.02. The fraction of sp³-hybridized carbons (Fsp3) is 0.348. The topological polar surface area (TPSA) is 17.1 Å². The van der Waals surface area contributed by atoms with E-state index < -0.39 is 0 Å². The highest BCUT2D eigenvalue weighted by molar-refractivity contribution is 6.07. The lowest BCUT2D eigenvalue weighted by Crippen LogP contribution is -2.16. The van der Waals surface area contributed by atoms with Crippen LogP contribution in [0.4, 0.5) is 0 Å². The summed E-state index contributed by atoms with van der Waals surface area (Å²) in [5, 5.41) is 0. The second-order valence-corrected chi connectivity index (χ2v) is 6.64. The highest BCUT2D eigenvalue weighted by Crippen LogP contribution is 2.48. The maximum absolute atomic E-state index is 13.3. The van der Waals surface area contributed by atoms with Crippen molar-refractivity contribution in [3.63, 3.8) is 0 Å². The molecule has 0 aromatic heterocycles. The maximum atomic E-state index is 13.3. The van der Waals surface area contributed by atoms with Crippen LogP contribution in [-0.2, 0) is 4.79 Å². The monoisotopic (exact) mass is 318 g/mol. The molecule has 1 aliphatic rings. The predicted octanol–water partition coefficient (Wildman–Crippen LogP) is 6.02. The lowest BCUT2D eigenvalue weighted by molar-refractivity contribution is -0.121. The third-order valence-corrected chi connectivity index (χ3v) is 5.00. The zero-order valence-electron chi connectivity index (χ0n) is 14.7. The normalized spacial score (nSPS) is 20.7. The lowest BCUT2D eigenvalue weighted by Gasteiger charge is -2.16. The number of ketones is 1. The van der Waals surface area contributed by atoms with Gasteiger partial charge in [-0.25, -0.2) is 0 Å². The first-order valence-electron chi connectivity index (χ1n) is 9.14. The van der Waals surface area contributed by atoms with Crippen molar-refractivity contribution in [1.29, 1.82) is 0 Å². The van der Waals surface area contributed by atoms with Gasteiger partial charge in [-0.15, -0.1) is 0 Å². The number of carbonyl (C=O) groups excluding carboxylic acids is 1. The van der Waals surface area contributed by atoms with Crippen molar-refractivity contribution in [2.24, 2.45) is 5.92 Å². The van der Waals surface area contributed by atoms with Crippen LogP contribution in [0.1, 0.15) is 56.6 Å². The molecule has 0 saturated carbocycles. The van der Waals surface area contributed by atoms with Crippen LogP contribution in [0.25, 0.3) is 5.57 Å². The number of allylic oxidation sites excluding steroid dienone is 2. The Morgan fingerprint density at radius 3 is 2.04 bits per heavy atom. The van der Waals surface area contributed by atoms with E-state index >= 15 is 0 Å². The van der Waals surface area contributed by atoms with Crippen molar-refractivity contribution < 1.29 is 4.79 Å². The second-order valence-electron chi connectivity index (χ2n) is 6.64. The van der Waals surface area contributed by atoms with Crippen LogP contribution in [-0.4, -0.2) is 5.78 Å². The summed E-state index contributed by atoms with van der Waals surface area (Å²) >= 11 is 0. The first-order valence-corrected chi connectivity index (χ1v) is 9.14. The Balaban J connectivity index is 2.17. The van der Waals surface area contributed by atoms with Gasteiger partial charge >= 0.3 is 0 Å². The Morgan fingerprint density at radius 1 is 0.833 bits per heavy atom. The van der Waals surface area contributed by atoms with Gasteiger partial charge in [0.25, 0.3) is 0 Å². The van der Waals surface area contributed by atoms with Crippen LogP contribution in [0.5, 0.6) is 0 Å². The maximum Gasteiger partial charge on any atom is 0.151 e. The van der Waals surface area contributed by atoms with Gasteiger partial charge < -0.3 is 0 Å². The Labute approximate surface area is 145 Å². The van der Waals surface area contributed by atoms with Crippen LogP contribution in [0, 0.1) is 5.92 Å². The van der Waals surface area contributed by atoms with Crippen molar-refractivity contribution in [2.45, 2.75) is 45.4 Å². The molecule has 24 heavy (non-hydrogen) atoms. The summed E-state index contributed by atoms with van der Waals surface area (Å²) in [5.74, 6) is 0.382. The Hall–Kier alpha value is -2.15. The molecule has 1 aliphatic carbocycles. The van der Waals surface area contributed by atoms with Crippen LogP contribution >= 0.6 is 0 Å². The molecule has 0 saturated heterocycles. The van der Waals surface area contributed by atoms with E-state index in [0.29, 0.717) is 5.78 Å². The largest absolute Gasteiger partial charge is 0.298 e. The molecule has 0 radical (unpaired) electrons. The molecule has 0 heterocycles. The number of hydrogen-bond acceptors (Lipinski definition) is 1. The molecule has 3 rings (SSSR count). The first-order chi connectivity index (χ1) is 11.8. The highest BCUT2D eigenvalue weighted by Gasteiger charge is 2.41. The third kappa shape index (κ3) is 3.08. The van der Waals surface area contributed by atoms with Crippen LogP contribution in [0.15, 0.2) is 66.2 Å². The molecule has 1 nitrogen and oxygen atoms in total. The van der Waals surface area contributed by atoms with E-state index in [1.165, 1.54) is 16.7 Å². The predicted molar refractivity (Wildman–Crippen MR) is 101 cm³/mol. The lowest BCUT2D eigenvalue weighted by atomic mass is 9.86. The Kier molecular flexibility index (Phi) is 5.30. The molecule has 0 N–H and O–H groups in total. The van der Waals surface area contributed by atoms with E-state index in [1.807, 2.05) is 24.3 Å². The van der Waals surface area contributed by atoms with Crippen molar-refractivity contribution in [1.82, 2.24) is 0 Å². The summed E-state index contributed by atoms with van der Waals surface area (Å²) in [6.07, 6.45) is 4.12. The number of Topliss-reactive ketones (excluding diaryl/α,β-unsaturated/α-hetero) is 1. The summed E-state index contributed by atoms with van der Waals surface area (Å²) in [4.78, 5) is 13.3. The molecular formula is C23H26O. The summed E-state index contributed by atoms with van der Waals surface area (Å²) < 4.78 is 0. The Morgan fingerprint density at radius 2 is 1.46 bits per heavy atom. The van der Waals surface area contributed by atoms with E-state index in [1.54, 1.807) is 0 Å². The summed E-state index contributed by atoms with van der Waals surface area (Å²) in [6, 6.07) is 20.8. The molecular weight excluding hydrogens is 292 g/mol. The molecule has 1 heteroatoms. The van der Waals surface area contributed by atoms with Gasteiger partial charge in [-0.3, -0.25) is 4.79 Å². The van der Waals surface area contributed by atoms with Gasteiger partial charge in [-0.2, -0.15) is 0 Å². The van der Waals surface area contributed by atoms with Crippen molar-refractivity contribution in [2.75, 3.05) is 0 Å². The average Bonchev–Trinajstić information content (AvgIpc) is 2.90. The zero-order valence-corrected chi connectivity index (χ0v) is 14.7. The van der Waals surface area contributed by atoms with E-state index in [2.05, 4.69) is 50.2 Å². The van der Waals surface area contributed by atoms with Gasteiger partial charge in [-0.1, -0.05) is 92.9 Å². The van der Waals surface area contributed by atoms with Crippen molar-refractivity contribution in [3.8, 4) is 0 Å². The number of benzene rings is 2. The van der Waals surface area contributed by atoms with Gasteiger partial charge in [0.15, 0.2) is 5.78 Å². The molecule has 2 aromatic carbocycles. The minimum atomic E-state index is -0.105. The molecule has 0 fully saturated rings. The Bertz CT molecular complexity index is 712. The fourth-order valence-electron chi connectivity index (χ4n) is 4.02. The highest BCUT2D eigenvalue weighted by atomic mass is 16.1. The van der Waals surface area contributed by atoms with Gasteiger partial charge in [0.05, 0.1) is 5.92 Å². The van der Waals surface area contributed by atoms with Crippen LogP contribution in [0.3, 0.4) is 0 Å². The third-order valence-electron chi connectivity index (χ3n) is 5.00. The van der Waals surface area contributed by atoms with E-state index in [9.17, 15) is 4.79 Å². The molecule has 0 bridgehead atoms. The molecule has 2 atom stereocenters. The molecule has 0 unspecified atom stereocenters. The standard InChI is InChI=1S/C23H26O/c1-3-11-19-20(12-4-2)23(24)22(18-15-9-6-10-16-18)21(19)17-13-7-5-8-14-17/h5-10,13-16,20,22H,3-4,11-12H2,1-2H3/t20-,22-/m0/s1. The van der Waals surface area contributed by atoms with Gasteiger partial charge in [-0.05, 0) is 29.5 Å². The first kappa shape index (κ1) is 16.7. The number of rotatable bonds is 6. The van der Waals surface area contributed by atoms with E-state index in [0.717, 1.165) is 31.2 Å². The minimum Gasteiger partial charge on any atom is -0.298 e. The summed E-state index contributed by atoms with van der Waals surface area (Å²) in [5.41, 5.74) is 4.99. The van der Waals surface area contributed by atoms with Gasteiger partial charge in [0, 0.05) is 5.92 Å². The van der Waals surface area contributed by atoms with E-state index in [4.69, 9.17) is 0 Å². The van der Waals surface area contributed by atoms with Crippen LogP contribution in [0.2, 0.25) is 0 Å². The van der Waals surface area contributed by atoms with Gasteiger partial charge in [0.2, 0.25) is 0 Å².